The maximum absolute atomic E-state index is 14.6. The Balaban J connectivity index is 1.80. The molecule has 2 aromatic rings. The van der Waals surface area contributed by atoms with Gasteiger partial charge in [0.25, 0.3) is 23.6 Å². The summed E-state index contributed by atoms with van der Waals surface area (Å²) in [7, 11) is 1.27. The third-order valence-corrected chi connectivity index (χ3v) is 6.77. The molecule has 0 fully saturated rings. The van der Waals surface area contributed by atoms with E-state index in [0.29, 0.717) is 6.42 Å². The van der Waals surface area contributed by atoms with Crippen molar-refractivity contribution in [3.63, 3.8) is 0 Å². The lowest BCUT2D eigenvalue weighted by Gasteiger charge is -2.33. The fourth-order valence-corrected chi connectivity index (χ4v) is 4.49. The Labute approximate surface area is 194 Å². The molecule has 0 saturated heterocycles. The van der Waals surface area contributed by atoms with Gasteiger partial charge in [0.1, 0.15) is 5.41 Å². The summed E-state index contributed by atoms with van der Waals surface area (Å²) in [6.45, 7) is 3.15. The molecule has 2 heterocycles. The average molecular weight is 472 g/mol. The van der Waals surface area contributed by atoms with Crippen LogP contribution < -0.4 is 0 Å². The molecule has 2 aliphatic rings. The number of nitrogens with zero attached hydrogens (tertiary/aromatic N) is 2. The fraction of sp³-hybridized carbons (Fsp3) is 0.360. The van der Waals surface area contributed by atoms with E-state index in [4.69, 9.17) is 0 Å². The van der Waals surface area contributed by atoms with Crippen LogP contribution in [0.3, 0.4) is 0 Å². The van der Waals surface area contributed by atoms with Crippen LogP contribution >= 0.6 is 0 Å². The number of rotatable bonds is 6. The van der Waals surface area contributed by atoms with E-state index in [2.05, 4.69) is 0 Å². The van der Waals surface area contributed by atoms with Gasteiger partial charge in [-0.2, -0.15) is 13.2 Å². The second-order valence-corrected chi connectivity index (χ2v) is 8.78. The SMILES string of the molecule is CCCCCN1C(=O)c2ccc(C(C)(c3ccc4c(c3)C(=O)N(C)C4=O)C(F)(F)F)cc2C1=O. The van der Waals surface area contributed by atoms with E-state index < -0.39 is 35.2 Å². The summed E-state index contributed by atoms with van der Waals surface area (Å²) >= 11 is 0. The molecule has 0 radical (unpaired) electrons. The lowest BCUT2D eigenvalue weighted by molar-refractivity contribution is -0.173. The van der Waals surface area contributed by atoms with Crippen molar-refractivity contribution in [2.24, 2.45) is 0 Å². The van der Waals surface area contributed by atoms with Gasteiger partial charge >= 0.3 is 6.18 Å². The van der Waals surface area contributed by atoms with Crippen molar-refractivity contribution in [2.45, 2.75) is 44.7 Å². The van der Waals surface area contributed by atoms with Crippen molar-refractivity contribution in [1.82, 2.24) is 9.80 Å². The van der Waals surface area contributed by atoms with Crippen LogP contribution in [0, 0.1) is 0 Å². The van der Waals surface area contributed by atoms with Gasteiger partial charge in [0.2, 0.25) is 0 Å². The Morgan fingerprint density at radius 2 is 1.21 bits per heavy atom. The molecule has 178 valence electrons. The Hall–Kier alpha value is -3.49. The molecule has 0 aliphatic carbocycles. The van der Waals surface area contributed by atoms with Gasteiger partial charge in [0, 0.05) is 13.6 Å². The first kappa shape index (κ1) is 23.7. The fourth-order valence-electron chi connectivity index (χ4n) is 4.49. The van der Waals surface area contributed by atoms with E-state index in [9.17, 15) is 32.3 Å². The van der Waals surface area contributed by atoms with Gasteiger partial charge in [0.15, 0.2) is 0 Å². The van der Waals surface area contributed by atoms with E-state index in [1.807, 2.05) is 6.92 Å². The van der Waals surface area contributed by atoms with Crippen LogP contribution in [0.4, 0.5) is 13.2 Å². The summed E-state index contributed by atoms with van der Waals surface area (Å²) in [4.78, 5) is 52.0. The Kier molecular flexibility index (Phi) is 5.62. The Bertz CT molecular complexity index is 1240. The summed E-state index contributed by atoms with van der Waals surface area (Å²) in [5, 5.41) is 0. The number of unbranched alkanes of at least 4 members (excludes halogenated alkanes) is 2. The van der Waals surface area contributed by atoms with Gasteiger partial charge in [-0.15, -0.1) is 0 Å². The number of amides is 4. The van der Waals surface area contributed by atoms with Crippen LogP contribution in [0.1, 0.15) is 85.7 Å². The average Bonchev–Trinajstić information content (AvgIpc) is 3.17. The number of alkyl halides is 3. The molecule has 0 spiro atoms. The Morgan fingerprint density at radius 1 is 0.735 bits per heavy atom. The maximum atomic E-state index is 14.6. The van der Waals surface area contributed by atoms with Crippen molar-refractivity contribution < 1.29 is 32.3 Å². The van der Waals surface area contributed by atoms with Crippen molar-refractivity contribution >= 4 is 23.6 Å². The van der Waals surface area contributed by atoms with Crippen molar-refractivity contribution in [3.05, 3.63) is 69.8 Å². The van der Waals surface area contributed by atoms with E-state index in [1.54, 1.807) is 0 Å². The summed E-state index contributed by atoms with van der Waals surface area (Å²) in [5.74, 6) is -2.38. The van der Waals surface area contributed by atoms with Crippen molar-refractivity contribution in [2.75, 3.05) is 13.6 Å². The molecule has 4 rings (SSSR count). The van der Waals surface area contributed by atoms with Gasteiger partial charge in [0.05, 0.1) is 22.3 Å². The highest BCUT2D eigenvalue weighted by Gasteiger charge is 2.54. The highest BCUT2D eigenvalue weighted by atomic mass is 19.4. The van der Waals surface area contributed by atoms with E-state index in [0.717, 1.165) is 41.7 Å². The lowest BCUT2D eigenvalue weighted by Crippen LogP contribution is -2.41. The number of carbonyl (C=O) groups excluding carboxylic acids is 4. The van der Waals surface area contributed by atoms with E-state index in [1.165, 1.54) is 31.3 Å². The second-order valence-electron chi connectivity index (χ2n) is 8.78. The third-order valence-electron chi connectivity index (χ3n) is 6.77. The molecule has 6 nitrogen and oxygen atoms in total. The quantitative estimate of drug-likeness (QED) is 0.456. The van der Waals surface area contributed by atoms with Crippen LogP contribution in [0.5, 0.6) is 0 Å². The zero-order chi connectivity index (χ0) is 25.0. The molecule has 0 bridgehead atoms. The van der Waals surface area contributed by atoms with Crippen LogP contribution in [0.25, 0.3) is 0 Å². The molecule has 4 amide bonds. The molecule has 1 atom stereocenters. The van der Waals surface area contributed by atoms with Crippen LogP contribution in [0.15, 0.2) is 36.4 Å². The molecule has 2 aliphatic heterocycles. The molecule has 2 aromatic carbocycles. The molecule has 0 N–H and O–H groups in total. The molecule has 0 saturated carbocycles. The predicted octanol–water partition coefficient (Wildman–Crippen LogP) is 4.57. The minimum absolute atomic E-state index is 0.0400. The highest BCUT2D eigenvalue weighted by molar-refractivity contribution is 6.22. The van der Waals surface area contributed by atoms with Gasteiger partial charge in [-0.1, -0.05) is 31.9 Å². The largest absolute Gasteiger partial charge is 0.402 e. The molecular weight excluding hydrogens is 449 g/mol. The molecular formula is C25H23F3N2O4. The van der Waals surface area contributed by atoms with E-state index >= 15 is 0 Å². The van der Waals surface area contributed by atoms with E-state index in [-0.39, 0.29) is 39.9 Å². The lowest BCUT2D eigenvalue weighted by atomic mass is 9.74. The first-order valence-corrected chi connectivity index (χ1v) is 11.0. The molecule has 1 unspecified atom stereocenters. The smallest absolute Gasteiger partial charge is 0.277 e. The summed E-state index contributed by atoms with van der Waals surface area (Å²) < 4.78 is 43.7. The summed E-state index contributed by atoms with van der Waals surface area (Å²) in [6.07, 6.45) is -2.48. The minimum atomic E-state index is -4.81. The molecule has 34 heavy (non-hydrogen) atoms. The normalized spacial score (nSPS) is 17.4. The number of hydrogen-bond donors (Lipinski definition) is 0. The van der Waals surface area contributed by atoms with Gasteiger partial charge in [-0.3, -0.25) is 29.0 Å². The van der Waals surface area contributed by atoms with Gasteiger partial charge in [-0.05, 0) is 48.7 Å². The van der Waals surface area contributed by atoms with Crippen molar-refractivity contribution in [1.29, 1.82) is 0 Å². The summed E-state index contributed by atoms with van der Waals surface area (Å²) in [6, 6.07) is 7.05. The van der Waals surface area contributed by atoms with Gasteiger partial charge < -0.3 is 0 Å². The number of fused-ring (bicyclic) bond motifs is 2. The topological polar surface area (TPSA) is 74.8 Å². The van der Waals surface area contributed by atoms with Gasteiger partial charge in [-0.25, -0.2) is 0 Å². The Morgan fingerprint density at radius 3 is 1.74 bits per heavy atom. The number of hydrogen-bond acceptors (Lipinski definition) is 4. The zero-order valence-electron chi connectivity index (χ0n) is 19.0. The first-order valence-electron chi connectivity index (χ1n) is 11.0. The zero-order valence-corrected chi connectivity index (χ0v) is 19.0. The predicted molar refractivity (Wildman–Crippen MR) is 117 cm³/mol. The second kappa shape index (κ2) is 8.07. The van der Waals surface area contributed by atoms with Crippen molar-refractivity contribution in [3.8, 4) is 0 Å². The van der Waals surface area contributed by atoms with Crippen LogP contribution in [0.2, 0.25) is 0 Å². The maximum Gasteiger partial charge on any atom is 0.402 e. The minimum Gasteiger partial charge on any atom is -0.277 e. The highest BCUT2D eigenvalue weighted by Crippen LogP contribution is 2.47. The standard InChI is InChI=1S/C25H23F3N2O4/c1-4-5-6-11-30-22(33)17-10-8-15(13-19(17)23(30)34)24(2,25(26,27)28)14-7-9-16-18(12-14)21(32)29(3)20(16)31/h7-10,12-13H,4-6,11H2,1-3H3. The number of halogens is 3. The first-order chi connectivity index (χ1) is 15.9. The summed E-state index contributed by atoms with van der Waals surface area (Å²) in [5.41, 5.74) is -3.13. The number of benzene rings is 2. The molecule has 0 aromatic heterocycles. The number of carbonyl (C=O) groups is 4. The van der Waals surface area contributed by atoms with Crippen LogP contribution in [-0.4, -0.2) is 53.2 Å². The monoisotopic (exact) mass is 472 g/mol. The van der Waals surface area contributed by atoms with Crippen LogP contribution in [-0.2, 0) is 5.41 Å². The number of imide groups is 2. The third kappa shape index (κ3) is 3.33. The molecule has 9 heteroatoms.